The highest BCUT2D eigenvalue weighted by atomic mass is 19.3. The third kappa shape index (κ3) is 2.24. The van der Waals surface area contributed by atoms with E-state index in [0.717, 1.165) is 5.56 Å². The highest BCUT2D eigenvalue weighted by molar-refractivity contribution is 5.75. The molecule has 1 aromatic carbocycles. The van der Waals surface area contributed by atoms with Crippen LogP contribution in [0.15, 0.2) is 24.3 Å². The molecular weight excluding hydrogens is 238 g/mol. The van der Waals surface area contributed by atoms with Crippen LogP contribution in [0.2, 0.25) is 0 Å². The first-order chi connectivity index (χ1) is 8.34. The molecule has 0 aliphatic heterocycles. The summed E-state index contributed by atoms with van der Waals surface area (Å²) in [4.78, 5) is 10.7. The van der Waals surface area contributed by atoms with Crippen LogP contribution in [0.4, 0.5) is 8.78 Å². The van der Waals surface area contributed by atoms with Gasteiger partial charge in [0, 0.05) is 11.5 Å². The van der Waals surface area contributed by atoms with Gasteiger partial charge < -0.3 is 5.11 Å². The summed E-state index contributed by atoms with van der Waals surface area (Å²) in [6.07, 6.45) is 0.606. The van der Waals surface area contributed by atoms with Gasteiger partial charge in [0.1, 0.15) is 0 Å². The van der Waals surface area contributed by atoms with Gasteiger partial charge in [-0.25, -0.2) is 8.78 Å². The molecule has 18 heavy (non-hydrogen) atoms. The van der Waals surface area contributed by atoms with Gasteiger partial charge in [0.05, 0.1) is 5.92 Å². The van der Waals surface area contributed by atoms with E-state index in [1.807, 2.05) is 0 Å². The third-order valence-corrected chi connectivity index (χ3v) is 3.56. The van der Waals surface area contributed by atoms with Crippen LogP contribution in [0.1, 0.15) is 37.3 Å². The minimum atomic E-state index is -2.84. The molecule has 98 valence electrons. The summed E-state index contributed by atoms with van der Waals surface area (Å²) in [5, 5.41) is 8.82. The first-order valence-electron chi connectivity index (χ1n) is 6.05. The van der Waals surface area contributed by atoms with Gasteiger partial charge in [-0.1, -0.05) is 38.1 Å². The van der Waals surface area contributed by atoms with Crippen molar-refractivity contribution in [3.63, 3.8) is 0 Å². The molecule has 2 rings (SSSR count). The number of benzene rings is 1. The molecule has 4 heteroatoms. The molecule has 0 heterocycles. The zero-order valence-corrected chi connectivity index (χ0v) is 10.4. The maximum absolute atomic E-state index is 13.7. The third-order valence-electron chi connectivity index (χ3n) is 3.56. The Labute approximate surface area is 105 Å². The molecular formula is C14H16F2O2. The van der Waals surface area contributed by atoms with Crippen molar-refractivity contribution in [2.24, 2.45) is 11.8 Å². The van der Waals surface area contributed by atoms with Crippen LogP contribution in [-0.4, -0.2) is 11.1 Å². The number of carboxylic acids is 1. The molecule has 0 radical (unpaired) electrons. The van der Waals surface area contributed by atoms with Gasteiger partial charge in [0.15, 0.2) is 0 Å². The Morgan fingerprint density at radius 3 is 2.28 bits per heavy atom. The maximum atomic E-state index is 13.7. The van der Waals surface area contributed by atoms with Gasteiger partial charge in [0.2, 0.25) is 0 Å². The van der Waals surface area contributed by atoms with E-state index in [1.54, 1.807) is 12.1 Å². The number of halogens is 2. The number of hydrogen-bond donors (Lipinski definition) is 1. The van der Waals surface area contributed by atoms with E-state index < -0.39 is 17.8 Å². The van der Waals surface area contributed by atoms with E-state index >= 15 is 0 Å². The molecule has 0 saturated heterocycles. The maximum Gasteiger partial charge on any atom is 0.307 e. The van der Waals surface area contributed by atoms with Crippen molar-refractivity contribution in [2.45, 2.75) is 32.1 Å². The molecule has 1 saturated carbocycles. The van der Waals surface area contributed by atoms with Gasteiger partial charge in [-0.2, -0.15) is 0 Å². The zero-order chi connectivity index (χ0) is 13.5. The minimum absolute atomic E-state index is 0.00576. The standard InChI is InChI=1S/C14H16F2O2/c1-8(2)14(15,16)10-5-3-9(4-6-10)11-7-12(11)13(17)18/h3-6,8,11-12H,7H2,1-2H3,(H,17,18). The van der Waals surface area contributed by atoms with E-state index in [1.165, 1.54) is 26.0 Å². The Hall–Kier alpha value is -1.45. The fourth-order valence-electron chi connectivity index (χ4n) is 2.12. The Morgan fingerprint density at radius 2 is 1.89 bits per heavy atom. The fraction of sp³-hybridized carbons (Fsp3) is 0.500. The monoisotopic (exact) mass is 254 g/mol. The molecule has 1 aliphatic carbocycles. The van der Waals surface area contributed by atoms with E-state index in [2.05, 4.69) is 0 Å². The molecule has 1 fully saturated rings. The predicted molar refractivity (Wildman–Crippen MR) is 63.7 cm³/mol. The Kier molecular flexibility index (Phi) is 3.13. The summed E-state index contributed by atoms with van der Waals surface area (Å²) in [5.74, 6) is -4.76. The summed E-state index contributed by atoms with van der Waals surface area (Å²) in [6, 6.07) is 6.07. The van der Waals surface area contributed by atoms with E-state index in [-0.39, 0.29) is 17.4 Å². The number of rotatable bonds is 4. The lowest BCUT2D eigenvalue weighted by Gasteiger charge is -2.20. The van der Waals surface area contributed by atoms with E-state index in [9.17, 15) is 13.6 Å². The first-order valence-corrected chi connectivity index (χ1v) is 6.05. The Bertz CT molecular complexity index is 451. The van der Waals surface area contributed by atoms with Crippen LogP contribution in [0.25, 0.3) is 0 Å². The molecule has 0 amide bonds. The average molecular weight is 254 g/mol. The van der Waals surface area contributed by atoms with Gasteiger partial charge in [-0.15, -0.1) is 0 Å². The second-order valence-corrected chi connectivity index (χ2v) is 5.19. The van der Waals surface area contributed by atoms with E-state index in [4.69, 9.17) is 5.11 Å². The zero-order valence-electron chi connectivity index (χ0n) is 10.4. The van der Waals surface area contributed by atoms with Gasteiger partial charge >= 0.3 is 5.97 Å². The van der Waals surface area contributed by atoms with Crippen LogP contribution in [0.5, 0.6) is 0 Å². The number of aliphatic carboxylic acids is 1. The highest BCUT2D eigenvalue weighted by Gasteiger charge is 2.44. The molecule has 0 spiro atoms. The average Bonchev–Trinajstić information content (AvgIpc) is 3.09. The second-order valence-electron chi connectivity index (χ2n) is 5.19. The predicted octanol–water partition coefficient (Wildman–Crippen LogP) is 3.62. The molecule has 0 aromatic heterocycles. The number of alkyl halides is 2. The van der Waals surface area contributed by atoms with Gasteiger partial charge in [0.25, 0.3) is 5.92 Å². The van der Waals surface area contributed by atoms with Crippen molar-refractivity contribution in [2.75, 3.05) is 0 Å². The van der Waals surface area contributed by atoms with Crippen LogP contribution in [-0.2, 0) is 10.7 Å². The fourth-order valence-corrected chi connectivity index (χ4v) is 2.12. The van der Waals surface area contributed by atoms with Gasteiger partial charge in [-0.05, 0) is 17.9 Å². The van der Waals surface area contributed by atoms with Crippen molar-refractivity contribution in [3.05, 3.63) is 35.4 Å². The first kappa shape index (κ1) is 13.0. The summed E-state index contributed by atoms with van der Waals surface area (Å²) in [5.41, 5.74) is 0.833. The Balaban J connectivity index is 2.14. The Morgan fingerprint density at radius 1 is 1.33 bits per heavy atom. The van der Waals surface area contributed by atoms with Crippen molar-refractivity contribution in [3.8, 4) is 0 Å². The minimum Gasteiger partial charge on any atom is -0.481 e. The normalized spacial score (nSPS) is 23.2. The molecule has 2 unspecified atom stereocenters. The summed E-state index contributed by atoms with van der Waals surface area (Å²) in [7, 11) is 0. The number of hydrogen-bond acceptors (Lipinski definition) is 1. The molecule has 1 aliphatic rings. The summed E-state index contributed by atoms with van der Waals surface area (Å²) < 4.78 is 27.5. The van der Waals surface area contributed by atoms with Crippen LogP contribution in [0.3, 0.4) is 0 Å². The lowest BCUT2D eigenvalue weighted by molar-refractivity contribution is -0.138. The van der Waals surface area contributed by atoms with E-state index in [0.29, 0.717) is 6.42 Å². The van der Waals surface area contributed by atoms with Crippen LogP contribution in [0, 0.1) is 11.8 Å². The number of carboxylic acid groups (broad SMARTS) is 1. The molecule has 0 bridgehead atoms. The molecule has 1 N–H and O–H groups in total. The number of carbonyl (C=O) groups is 1. The van der Waals surface area contributed by atoms with Crippen molar-refractivity contribution in [1.82, 2.24) is 0 Å². The second kappa shape index (κ2) is 4.34. The smallest absolute Gasteiger partial charge is 0.307 e. The van der Waals surface area contributed by atoms with Crippen molar-refractivity contribution in [1.29, 1.82) is 0 Å². The van der Waals surface area contributed by atoms with Crippen molar-refractivity contribution >= 4 is 5.97 Å². The van der Waals surface area contributed by atoms with Crippen LogP contribution >= 0.6 is 0 Å². The molecule has 2 nitrogen and oxygen atoms in total. The van der Waals surface area contributed by atoms with Crippen LogP contribution < -0.4 is 0 Å². The lowest BCUT2D eigenvalue weighted by Crippen LogP contribution is -2.20. The molecule has 1 aromatic rings. The topological polar surface area (TPSA) is 37.3 Å². The SMILES string of the molecule is CC(C)C(F)(F)c1ccc(C2CC2C(=O)O)cc1. The molecule has 2 atom stereocenters. The summed E-state index contributed by atoms with van der Waals surface area (Å²) >= 11 is 0. The quantitative estimate of drug-likeness (QED) is 0.891. The lowest BCUT2D eigenvalue weighted by atomic mass is 9.96. The summed E-state index contributed by atoms with van der Waals surface area (Å²) in [6.45, 7) is 2.96. The highest BCUT2D eigenvalue weighted by Crippen LogP contribution is 2.48. The van der Waals surface area contributed by atoms with Gasteiger partial charge in [-0.3, -0.25) is 4.79 Å². The largest absolute Gasteiger partial charge is 0.481 e. The van der Waals surface area contributed by atoms with Crippen molar-refractivity contribution < 1.29 is 18.7 Å².